The first kappa shape index (κ1) is 18.6. The number of hydrogen-bond donors (Lipinski definition) is 1. The minimum atomic E-state index is 0. The number of nitrogens with zero attached hydrogens (tertiary/aromatic N) is 2. The molecule has 1 amide bonds. The summed E-state index contributed by atoms with van der Waals surface area (Å²) in [5.74, 6) is 0.0380. The summed E-state index contributed by atoms with van der Waals surface area (Å²) in [6.07, 6.45) is 1.75. The van der Waals surface area contributed by atoms with Crippen LogP contribution in [0.4, 0.5) is 0 Å². The largest absolute Gasteiger partial charge is 0.340 e. The first-order chi connectivity index (χ1) is 8.72. The molecule has 0 atom stereocenters. The van der Waals surface area contributed by atoms with Crippen molar-refractivity contribution in [3.05, 3.63) is 42.1 Å². The van der Waals surface area contributed by atoms with Crippen molar-refractivity contribution in [2.24, 2.45) is 0 Å². The Bertz CT molecular complexity index is 563. The maximum atomic E-state index is 12.2. The van der Waals surface area contributed by atoms with Gasteiger partial charge in [-0.2, -0.15) is 0 Å². The van der Waals surface area contributed by atoms with Crippen molar-refractivity contribution in [3.63, 3.8) is 0 Å². The molecular formula is C14H19Cl2N3O. The summed E-state index contributed by atoms with van der Waals surface area (Å²) in [5.41, 5.74) is 1.61. The van der Waals surface area contributed by atoms with Gasteiger partial charge in [-0.25, -0.2) is 0 Å². The van der Waals surface area contributed by atoms with Crippen LogP contribution in [0.1, 0.15) is 10.4 Å². The normalized spacial score (nSPS) is 9.50. The Morgan fingerprint density at radius 2 is 2.05 bits per heavy atom. The smallest absolute Gasteiger partial charge is 0.253 e. The van der Waals surface area contributed by atoms with Crippen LogP contribution < -0.4 is 5.32 Å². The summed E-state index contributed by atoms with van der Waals surface area (Å²) in [6.45, 7) is 1.48. The predicted octanol–water partition coefficient (Wildman–Crippen LogP) is 2.37. The fourth-order valence-electron chi connectivity index (χ4n) is 1.81. The van der Waals surface area contributed by atoms with Gasteiger partial charge in [0.15, 0.2) is 0 Å². The van der Waals surface area contributed by atoms with E-state index < -0.39 is 0 Å². The highest BCUT2D eigenvalue weighted by molar-refractivity contribution is 5.97. The van der Waals surface area contributed by atoms with Gasteiger partial charge < -0.3 is 10.2 Å². The molecule has 6 heteroatoms. The van der Waals surface area contributed by atoms with Crippen LogP contribution in [0.5, 0.6) is 0 Å². The number of likely N-dealkylation sites (N-methyl/N-ethyl adjacent to an activating group) is 2. The van der Waals surface area contributed by atoms with Gasteiger partial charge in [-0.1, -0.05) is 6.07 Å². The molecule has 0 saturated heterocycles. The number of pyridine rings is 1. The van der Waals surface area contributed by atoms with Gasteiger partial charge in [0.05, 0.1) is 5.52 Å². The van der Waals surface area contributed by atoms with Gasteiger partial charge in [0.25, 0.3) is 5.91 Å². The quantitative estimate of drug-likeness (QED) is 0.942. The number of aromatic nitrogens is 1. The molecule has 1 aromatic heterocycles. The van der Waals surface area contributed by atoms with E-state index in [9.17, 15) is 4.79 Å². The van der Waals surface area contributed by atoms with Crippen molar-refractivity contribution in [1.29, 1.82) is 0 Å². The van der Waals surface area contributed by atoms with E-state index >= 15 is 0 Å². The van der Waals surface area contributed by atoms with E-state index in [1.165, 1.54) is 0 Å². The summed E-state index contributed by atoms with van der Waals surface area (Å²) in [5, 5.41) is 4.02. The van der Waals surface area contributed by atoms with E-state index in [-0.39, 0.29) is 30.7 Å². The van der Waals surface area contributed by atoms with Crippen LogP contribution in [-0.4, -0.2) is 43.0 Å². The van der Waals surface area contributed by atoms with Gasteiger partial charge in [-0.3, -0.25) is 9.78 Å². The predicted molar refractivity (Wildman–Crippen MR) is 87.1 cm³/mol. The molecule has 0 saturated carbocycles. The lowest BCUT2D eigenvalue weighted by atomic mass is 10.1. The summed E-state index contributed by atoms with van der Waals surface area (Å²) >= 11 is 0. The number of hydrogen-bond acceptors (Lipinski definition) is 3. The molecule has 0 spiro atoms. The number of benzene rings is 1. The molecule has 1 heterocycles. The number of rotatable bonds is 4. The Morgan fingerprint density at radius 1 is 1.30 bits per heavy atom. The molecule has 2 aromatic rings. The highest BCUT2D eigenvalue weighted by Crippen LogP contribution is 2.14. The van der Waals surface area contributed by atoms with Crippen LogP contribution >= 0.6 is 24.8 Å². The third-order valence-electron chi connectivity index (χ3n) is 2.89. The first-order valence-electron chi connectivity index (χ1n) is 5.97. The lowest BCUT2D eigenvalue weighted by molar-refractivity contribution is 0.0797. The molecule has 0 fully saturated rings. The second-order valence-electron chi connectivity index (χ2n) is 4.24. The van der Waals surface area contributed by atoms with E-state index in [4.69, 9.17) is 0 Å². The standard InChI is InChI=1S/C14H17N3O.2ClH/c1-15-8-9-17(2)14(18)12-5-6-13-11(10-12)4-3-7-16-13;;/h3-7,10,15H,8-9H2,1-2H3;2*1H. The van der Waals surface area contributed by atoms with Gasteiger partial charge in [0.2, 0.25) is 0 Å². The zero-order valence-electron chi connectivity index (χ0n) is 11.5. The van der Waals surface area contributed by atoms with E-state index in [0.717, 1.165) is 17.4 Å². The number of halogens is 2. The van der Waals surface area contributed by atoms with Gasteiger partial charge >= 0.3 is 0 Å². The molecule has 4 nitrogen and oxygen atoms in total. The maximum Gasteiger partial charge on any atom is 0.253 e. The lowest BCUT2D eigenvalue weighted by Crippen LogP contribution is -2.32. The second-order valence-corrected chi connectivity index (χ2v) is 4.24. The van der Waals surface area contributed by atoms with Crippen LogP contribution in [0, 0.1) is 0 Å². The van der Waals surface area contributed by atoms with Gasteiger partial charge in [0, 0.05) is 37.3 Å². The molecule has 1 N–H and O–H groups in total. The first-order valence-corrected chi connectivity index (χ1v) is 5.97. The molecule has 0 aliphatic heterocycles. The van der Waals surface area contributed by atoms with Crippen molar-refractivity contribution in [2.45, 2.75) is 0 Å². The van der Waals surface area contributed by atoms with Crippen LogP contribution in [0.3, 0.4) is 0 Å². The Balaban J connectivity index is 0.00000180. The van der Waals surface area contributed by atoms with E-state index in [0.29, 0.717) is 12.1 Å². The molecule has 0 unspecified atom stereocenters. The van der Waals surface area contributed by atoms with E-state index in [1.807, 2.05) is 44.4 Å². The Labute approximate surface area is 131 Å². The fourth-order valence-corrected chi connectivity index (χ4v) is 1.81. The maximum absolute atomic E-state index is 12.2. The summed E-state index contributed by atoms with van der Waals surface area (Å²) in [6, 6.07) is 9.44. The zero-order chi connectivity index (χ0) is 13.0. The number of nitrogens with one attached hydrogen (secondary N) is 1. The number of fused-ring (bicyclic) bond motifs is 1. The molecule has 0 aliphatic carbocycles. The number of carbonyl (C=O) groups excluding carboxylic acids is 1. The molecule has 0 radical (unpaired) electrons. The van der Waals surface area contributed by atoms with Crippen molar-refractivity contribution >= 4 is 41.6 Å². The molecule has 0 bridgehead atoms. The van der Waals surface area contributed by atoms with Crippen molar-refractivity contribution in [3.8, 4) is 0 Å². The summed E-state index contributed by atoms with van der Waals surface area (Å²) in [7, 11) is 3.69. The van der Waals surface area contributed by atoms with Gasteiger partial charge in [-0.05, 0) is 31.3 Å². The zero-order valence-corrected chi connectivity index (χ0v) is 13.1. The van der Waals surface area contributed by atoms with Crippen LogP contribution in [0.25, 0.3) is 10.9 Å². The average molecular weight is 316 g/mol. The van der Waals surface area contributed by atoms with Crippen molar-refractivity contribution < 1.29 is 4.79 Å². The molecular weight excluding hydrogens is 297 g/mol. The van der Waals surface area contributed by atoms with Crippen LogP contribution in [0.2, 0.25) is 0 Å². The van der Waals surface area contributed by atoms with Crippen LogP contribution in [-0.2, 0) is 0 Å². The molecule has 0 aliphatic rings. The van der Waals surface area contributed by atoms with Gasteiger partial charge in [-0.15, -0.1) is 24.8 Å². The monoisotopic (exact) mass is 315 g/mol. The topological polar surface area (TPSA) is 45.2 Å². The highest BCUT2D eigenvalue weighted by atomic mass is 35.5. The molecule has 20 heavy (non-hydrogen) atoms. The Morgan fingerprint density at radius 3 is 2.75 bits per heavy atom. The summed E-state index contributed by atoms with van der Waals surface area (Å²) < 4.78 is 0. The lowest BCUT2D eigenvalue weighted by Gasteiger charge is -2.17. The minimum Gasteiger partial charge on any atom is -0.340 e. The van der Waals surface area contributed by atoms with Crippen molar-refractivity contribution in [2.75, 3.05) is 27.2 Å². The SMILES string of the molecule is CNCCN(C)C(=O)c1ccc2ncccc2c1.Cl.Cl. The summed E-state index contributed by atoms with van der Waals surface area (Å²) in [4.78, 5) is 18.1. The van der Waals surface area contributed by atoms with E-state index in [1.54, 1.807) is 11.1 Å². The van der Waals surface area contributed by atoms with Crippen LogP contribution in [0.15, 0.2) is 36.5 Å². The Hall–Kier alpha value is -1.36. The third kappa shape index (κ3) is 4.34. The van der Waals surface area contributed by atoms with E-state index in [2.05, 4.69) is 10.3 Å². The minimum absolute atomic E-state index is 0. The average Bonchev–Trinajstić information content (AvgIpc) is 2.43. The third-order valence-corrected chi connectivity index (χ3v) is 2.89. The highest BCUT2D eigenvalue weighted by Gasteiger charge is 2.11. The number of amides is 1. The Kier molecular flexibility index (Phi) is 8.15. The van der Waals surface area contributed by atoms with Gasteiger partial charge in [0.1, 0.15) is 0 Å². The second kappa shape index (κ2) is 8.74. The van der Waals surface area contributed by atoms with Crippen molar-refractivity contribution in [1.82, 2.24) is 15.2 Å². The fraction of sp³-hybridized carbons (Fsp3) is 0.286. The molecule has 2 rings (SSSR count). The number of carbonyl (C=O) groups is 1. The molecule has 110 valence electrons. The molecule has 1 aromatic carbocycles.